The van der Waals surface area contributed by atoms with Gasteiger partial charge in [-0.25, -0.2) is 9.88 Å². The zero-order valence-corrected chi connectivity index (χ0v) is 16.3. The highest BCUT2D eigenvalue weighted by molar-refractivity contribution is 7.99. The molecule has 0 unspecified atom stereocenters. The van der Waals surface area contributed by atoms with Crippen LogP contribution in [0.4, 0.5) is 5.69 Å². The summed E-state index contributed by atoms with van der Waals surface area (Å²) in [4.78, 5) is 42.0. The SMILES string of the molecule is O=C1C(=O)N(C(=O)CSc2n[nH]c(-c3ccccc3Cl)n2)c2ccc(Cl)cc21. The Morgan fingerprint density at radius 1 is 1.11 bits per heavy atom. The summed E-state index contributed by atoms with van der Waals surface area (Å²) in [5, 5.41) is 7.97. The monoisotopic (exact) mass is 432 g/mol. The number of hydrogen-bond donors (Lipinski definition) is 1. The second kappa shape index (κ2) is 7.38. The first kappa shape index (κ1) is 18.7. The number of Topliss-reactive ketones (excluding diaryl/α,β-unsaturated/α-hetero) is 1. The zero-order valence-electron chi connectivity index (χ0n) is 14.0. The number of benzene rings is 2. The lowest BCUT2D eigenvalue weighted by atomic mass is 10.1. The summed E-state index contributed by atoms with van der Waals surface area (Å²) in [5.74, 6) is -1.85. The van der Waals surface area contributed by atoms with Crippen molar-refractivity contribution in [3.8, 4) is 11.4 Å². The second-order valence-electron chi connectivity index (χ2n) is 5.76. The van der Waals surface area contributed by atoms with E-state index in [0.29, 0.717) is 26.6 Å². The fourth-order valence-corrected chi connectivity index (χ4v) is 3.78. The van der Waals surface area contributed by atoms with Gasteiger partial charge in [-0.15, -0.1) is 5.10 Å². The number of H-pyrrole nitrogens is 1. The van der Waals surface area contributed by atoms with E-state index in [1.54, 1.807) is 18.2 Å². The van der Waals surface area contributed by atoms with Crippen LogP contribution in [0.25, 0.3) is 11.4 Å². The van der Waals surface area contributed by atoms with Crippen molar-refractivity contribution in [2.75, 3.05) is 10.7 Å². The number of fused-ring (bicyclic) bond motifs is 1. The molecule has 140 valence electrons. The molecule has 4 rings (SSSR count). The van der Waals surface area contributed by atoms with Crippen molar-refractivity contribution >= 4 is 58.2 Å². The number of nitrogens with one attached hydrogen (secondary N) is 1. The third-order valence-electron chi connectivity index (χ3n) is 4.01. The average molecular weight is 433 g/mol. The molecule has 0 saturated carbocycles. The highest BCUT2D eigenvalue weighted by Gasteiger charge is 2.39. The molecule has 1 aliphatic rings. The number of imide groups is 1. The third kappa shape index (κ3) is 3.30. The summed E-state index contributed by atoms with van der Waals surface area (Å²) in [7, 11) is 0. The molecule has 2 amide bonds. The van der Waals surface area contributed by atoms with Gasteiger partial charge in [-0.2, -0.15) is 0 Å². The number of aromatic nitrogens is 3. The Balaban J connectivity index is 1.50. The minimum Gasteiger partial charge on any atom is -0.283 e. The van der Waals surface area contributed by atoms with Crippen molar-refractivity contribution in [3.63, 3.8) is 0 Å². The predicted octanol–water partition coefficient (Wildman–Crippen LogP) is 3.63. The molecule has 0 saturated heterocycles. The van der Waals surface area contributed by atoms with Crippen LogP contribution in [0.3, 0.4) is 0 Å². The Morgan fingerprint density at radius 2 is 1.89 bits per heavy atom. The van der Waals surface area contributed by atoms with Gasteiger partial charge >= 0.3 is 5.91 Å². The molecule has 0 atom stereocenters. The first-order chi connectivity index (χ1) is 13.5. The van der Waals surface area contributed by atoms with Crippen LogP contribution in [-0.2, 0) is 9.59 Å². The second-order valence-corrected chi connectivity index (χ2v) is 7.55. The lowest BCUT2D eigenvalue weighted by Gasteiger charge is -2.13. The van der Waals surface area contributed by atoms with Gasteiger partial charge in [0.2, 0.25) is 11.1 Å². The van der Waals surface area contributed by atoms with Crippen molar-refractivity contribution in [1.82, 2.24) is 15.2 Å². The Morgan fingerprint density at radius 3 is 2.68 bits per heavy atom. The maximum atomic E-state index is 12.6. The van der Waals surface area contributed by atoms with Gasteiger partial charge in [-0.1, -0.05) is 47.1 Å². The van der Waals surface area contributed by atoms with Crippen molar-refractivity contribution in [2.24, 2.45) is 0 Å². The van der Waals surface area contributed by atoms with Crippen LogP contribution in [0.5, 0.6) is 0 Å². The minimum absolute atomic E-state index is 0.120. The highest BCUT2D eigenvalue weighted by Crippen LogP contribution is 2.32. The standard InChI is InChI=1S/C18H10Cl2N4O3S/c19-9-5-6-13-11(7-9)15(26)17(27)24(13)14(25)8-28-18-21-16(22-23-18)10-3-1-2-4-12(10)20/h1-7H,8H2,(H,21,22,23). The molecule has 0 aliphatic carbocycles. The maximum absolute atomic E-state index is 12.6. The van der Waals surface area contributed by atoms with E-state index < -0.39 is 17.6 Å². The summed E-state index contributed by atoms with van der Waals surface area (Å²) in [5.41, 5.74) is 1.03. The van der Waals surface area contributed by atoms with Crippen molar-refractivity contribution < 1.29 is 14.4 Å². The van der Waals surface area contributed by atoms with Crippen molar-refractivity contribution in [1.29, 1.82) is 0 Å². The van der Waals surface area contributed by atoms with Gasteiger partial charge in [-0.05, 0) is 30.3 Å². The number of halogens is 2. The number of thioether (sulfide) groups is 1. The molecule has 28 heavy (non-hydrogen) atoms. The van der Waals surface area contributed by atoms with Crippen LogP contribution in [0.2, 0.25) is 10.0 Å². The number of anilines is 1. The van der Waals surface area contributed by atoms with Crippen LogP contribution < -0.4 is 4.90 Å². The van der Waals surface area contributed by atoms with Gasteiger partial charge < -0.3 is 0 Å². The highest BCUT2D eigenvalue weighted by atomic mass is 35.5. The van der Waals surface area contributed by atoms with Gasteiger partial charge in [0.1, 0.15) is 0 Å². The van der Waals surface area contributed by atoms with E-state index in [1.807, 2.05) is 6.07 Å². The molecule has 1 aromatic heterocycles. The van der Waals surface area contributed by atoms with E-state index in [-0.39, 0.29) is 17.0 Å². The Kier molecular flexibility index (Phi) is 4.92. The number of rotatable bonds is 4. The zero-order chi connectivity index (χ0) is 19.8. The van der Waals surface area contributed by atoms with E-state index in [1.165, 1.54) is 18.2 Å². The van der Waals surface area contributed by atoms with Gasteiger partial charge in [0, 0.05) is 10.6 Å². The molecule has 7 nitrogen and oxygen atoms in total. The Bertz CT molecular complexity index is 1130. The summed E-state index contributed by atoms with van der Waals surface area (Å²) in [6.45, 7) is 0. The molecule has 2 heterocycles. The molecule has 3 aromatic rings. The van der Waals surface area contributed by atoms with Crippen LogP contribution in [0, 0.1) is 0 Å². The molecule has 10 heteroatoms. The molecule has 0 fully saturated rings. The lowest BCUT2D eigenvalue weighted by molar-refractivity contribution is -0.122. The predicted molar refractivity (Wildman–Crippen MR) is 106 cm³/mol. The maximum Gasteiger partial charge on any atom is 0.306 e. The summed E-state index contributed by atoms with van der Waals surface area (Å²) >= 11 is 13.0. The molecule has 1 aliphatic heterocycles. The number of hydrogen-bond acceptors (Lipinski definition) is 6. The molecular formula is C18H10Cl2N4O3S. The largest absolute Gasteiger partial charge is 0.306 e. The van der Waals surface area contributed by atoms with Crippen LogP contribution in [0.15, 0.2) is 47.6 Å². The van der Waals surface area contributed by atoms with Crippen molar-refractivity contribution in [3.05, 3.63) is 58.1 Å². The number of amides is 2. The minimum atomic E-state index is -0.894. The summed E-state index contributed by atoms with van der Waals surface area (Å²) in [6.07, 6.45) is 0. The number of carbonyl (C=O) groups is 3. The fourth-order valence-electron chi connectivity index (χ4n) is 2.73. The van der Waals surface area contributed by atoms with Gasteiger partial charge in [0.15, 0.2) is 5.82 Å². The van der Waals surface area contributed by atoms with Crippen LogP contribution in [0.1, 0.15) is 10.4 Å². The quantitative estimate of drug-likeness (QED) is 0.499. The topological polar surface area (TPSA) is 96.0 Å². The average Bonchev–Trinajstić information content (AvgIpc) is 3.24. The van der Waals surface area contributed by atoms with Gasteiger partial charge in [0.05, 0.1) is 22.0 Å². The van der Waals surface area contributed by atoms with Crippen molar-refractivity contribution in [2.45, 2.75) is 5.16 Å². The normalized spacial score (nSPS) is 13.1. The molecule has 0 radical (unpaired) electrons. The van der Waals surface area contributed by atoms with Gasteiger partial charge in [0.25, 0.3) is 5.78 Å². The third-order valence-corrected chi connectivity index (χ3v) is 5.41. The first-order valence-electron chi connectivity index (χ1n) is 7.97. The summed E-state index contributed by atoms with van der Waals surface area (Å²) < 4.78 is 0. The number of ketones is 1. The Hall–Kier alpha value is -2.68. The summed E-state index contributed by atoms with van der Waals surface area (Å²) in [6, 6.07) is 11.5. The first-order valence-corrected chi connectivity index (χ1v) is 9.71. The number of carbonyl (C=O) groups excluding carboxylic acids is 3. The van der Waals surface area contributed by atoms with E-state index >= 15 is 0 Å². The van der Waals surface area contributed by atoms with Crippen LogP contribution >= 0.6 is 35.0 Å². The van der Waals surface area contributed by atoms with E-state index in [2.05, 4.69) is 15.2 Å². The molecule has 0 spiro atoms. The Labute approximate surface area is 173 Å². The lowest BCUT2D eigenvalue weighted by Crippen LogP contribution is -2.37. The van der Waals surface area contributed by atoms with Crippen LogP contribution in [-0.4, -0.2) is 38.5 Å². The van der Waals surface area contributed by atoms with E-state index in [9.17, 15) is 14.4 Å². The molecule has 1 N–H and O–H groups in total. The molecule has 2 aromatic carbocycles. The fraction of sp³-hybridized carbons (Fsp3) is 0.0556. The molecule has 0 bridgehead atoms. The smallest absolute Gasteiger partial charge is 0.283 e. The van der Waals surface area contributed by atoms with Gasteiger partial charge in [-0.3, -0.25) is 19.5 Å². The number of nitrogens with zero attached hydrogens (tertiary/aromatic N) is 3. The van der Waals surface area contributed by atoms with E-state index in [4.69, 9.17) is 23.2 Å². The number of aromatic amines is 1. The molecular weight excluding hydrogens is 423 g/mol. The van der Waals surface area contributed by atoms with E-state index in [0.717, 1.165) is 16.7 Å².